The van der Waals surface area contributed by atoms with Gasteiger partial charge < -0.3 is 0 Å². The summed E-state index contributed by atoms with van der Waals surface area (Å²) in [6, 6.07) is 1.61. The highest BCUT2D eigenvalue weighted by atomic mass is 32.6. The van der Waals surface area contributed by atoms with Crippen LogP contribution < -0.4 is 5.44 Å². The Morgan fingerprint density at radius 3 is 2.75 bits per heavy atom. The zero-order valence-electron chi connectivity index (χ0n) is 8.47. The number of pyridine rings is 1. The first-order chi connectivity index (χ1) is 7.57. The molecule has 1 aromatic rings. The maximum atomic E-state index is 11.9. The van der Waals surface area contributed by atoms with E-state index in [9.17, 15) is 9.59 Å². The second-order valence-corrected chi connectivity index (χ2v) is 12.3. The highest BCUT2D eigenvalue weighted by molar-refractivity contribution is 8.63. The van der Waals surface area contributed by atoms with Gasteiger partial charge in [-0.15, -0.1) is 17.9 Å². The summed E-state index contributed by atoms with van der Waals surface area (Å²) < 4.78 is 0. The van der Waals surface area contributed by atoms with Crippen LogP contribution in [0.4, 0.5) is 0 Å². The van der Waals surface area contributed by atoms with E-state index in [0.29, 0.717) is 19.1 Å². The summed E-state index contributed by atoms with van der Waals surface area (Å²) in [5.74, 6) is -0.467. The molecular weight excluding hydrogens is 280 g/mol. The summed E-state index contributed by atoms with van der Waals surface area (Å²) in [4.78, 5) is 29.0. The van der Waals surface area contributed by atoms with Gasteiger partial charge in [-0.25, -0.2) is 0 Å². The zero-order valence-corrected chi connectivity index (χ0v) is 12.7. The maximum Gasteiger partial charge on any atom is 0.263 e. The molecule has 0 aromatic carbocycles. The molecule has 8 heteroatoms. The van der Waals surface area contributed by atoms with Gasteiger partial charge in [0.05, 0.1) is 16.6 Å². The molecule has 4 nitrogen and oxygen atoms in total. The van der Waals surface area contributed by atoms with Crippen molar-refractivity contribution < 1.29 is 9.59 Å². The third kappa shape index (κ3) is 1.83. The minimum absolute atomic E-state index is 0.232. The minimum atomic E-state index is -0.544. The van der Waals surface area contributed by atoms with Crippen LogP contribution in [0.25, 0.3) is 0 Å². The van der Waals surface area contributed by atoms with Crippen molar-refractivity contribution in [3.05, 3.63) is 23.4 Å². The first kappa shape index (κ1) is 12.5. The molecule has 1 aliphatic heterocycles. The topological polar surface area (TPSA) is 50.3 Å². The van der Waals surface area contributed by atoms with Gasteiger partial charge in [0.25, 0.3) is 11.8 Å². The molecule has 0 aliphatic carbocycles. The highest BCUT2D eigenvalue weighted by Crippen LogP contribution is 2.65. The Labute approximate surface area is 101 Å². The van der Waals surface area contributed by atoms with Crippen molar-refractivity contribution in [3.63, 3.8) is 0 Å². The van der Waals surface area contributed by atoms with Crippen molar-refractivity contribution in [3.8, 4) is 0 Å². The van der Waals surface area contributed by atoms with E-state index in [1.54, 1.807) is 12.3 Å². The van der Waals surface area contributed by atoms with Crippen molar-refractivity contribution in [1.82, 2.24) is 9.88 Å². The van der Waals surface area contributed by atoms with Crippen LogP contribution in [0.1, 0.15) is 20.7 Å². The van der Waals surface area contributed by atoms with Crippen LogP contribution in [0.5, 0.6) is 0 Å². The number of hydrogen-bond donors (Lipinski definition) is 0. The molecule has 0 bridgehead atoms. The lowest BCUT2D eigenvalue weighted by Gasteiger charge is -2.10. The van der Waals surface area contributed by atoms with Crippen molar-refractivity contribution >= 4 is 50.4 Å². The van der Waals surface area contributed by atoms with E-state index < -0.39 is 7.30 Å². The Kier molecular flexibility index (Phi) is 3.67. The molecule has 1 aliphatic rings. The molecule has 16 heavy (non-hydrogen) atoms. The van der Waals surface area contributed by atoms with Gasteiger partial charge in [-0.1, -0.05) is 7.96 Å². The van der Waals surface area contributed by atoms with Gasteiger partial charge in [0.1, 0.15) is 0 Å². The SMILES string of the molecule is CN1C(=O)c2ccnc(P(P)PP)c2C1=O. The summed E-state index contributed by atoms with van der Waals surface area (Å²) >= 11 is 0. The fourth-order valence-corrected chi connectivity index (χ4v) is 4.86. The Morgan fingerprint density at radius 1 is 1.44 bits per heavy atom. The first-order valence-electron chi connectivity index (χ1n) is 4.40. The molecule has 0 fully saturated rings. The van der Waals surface area contributed by atoms with Crippen molar-refractivity contribution in [1.29, 1.82) is 0 Å². The van der Waals surface area contributed by atoms with Gasteiger partial charge in [0.15, 0.2) is 0 Å². The van der Waals surface area contributed by atoms with Gasteiger partial charge >= 0.3 is 0 Å². The molecule has 1 aromatic heterocycles. The van der Waals surface area contributed by atoms with Gasteiger partial charge in [0.2, 0.25) is 0 Å². The van der Waals surface area contributed by atoms with E-state index >= 15 is 0 Å². The molecule has 0 saturated carbocycles. The number of aromatic nitrogens is 1. The molecule has 2 heterocycles. The summed E-state index contributed by atoms with van der Waals surface area (Å²) in [6.07, 6.45) is 1.60. The standard InChI is InChI=1S/C8H10N2O2P4/c1-10-7(11)4-2-3-9-6(16(14)15-13)5(4)8(10)12/h2-3,15H,13-14H2,1H3. The molecule has 2 rings (SSSR count). The number of rotatable bonds is 2. The molecule has 0 saturated heterocycles. The van der Waals surface area contributed by atoms with Crippen LogP contribution >= 0.6 is 33.1 Å². The third-order valence-corrected chi connectivity index (χ3v) is 12.2. The lowest BCUT2D eigenvalue weighted by molar-refractivity contribution is 0.0693. The normalized spacial score (nSPS) is 17.3. The highest BCUT2D eigenvalue weighted by Gasteiger charge is 2.36. The molecular formula is C8H10N2O2P4. The van der Waals surface area contributed by atoms with Crippen LogP contribution in [0.2, 0.25) is 0 Å². The predicted molar refractivity (Wildman–Crippen MR) is 74.9 cm³/mol. The summed E-state index contributed by atoms with van der Waals surface area (Å²) in [7, 11) is 6.94. The fraction of sp³-hybridized carbons (Fsp3) is 0.125. The van der Waals surface area contributed by atoms with E-state index in [0.717, 1.165) is 10.3 Å². The molecule has 4 atom stereocenters. The molecule has 4 unspecified atom stereocenters. The van der Waals surface area contributed by atoms with Crippen LogP contribution in [-0.2, 0) is 0 Å². The third-order valence-electron chi connectivity index (χ3n) is 2.35. The van der Waals surface area contributed by atoms with Crippen LogP contribution in [0.15, 0.2) is 12.3 Å². The lowest BCUT2D eigenvalue weighted by atomic mass is 10.2. The van der Waals surface area contributed by atoms with Crippen LogP contribution in [0, 0.1) is 0 Å². The number of carbonyl (C=O) groups is 2. The molecule has 0 radical (unpaired) electrons. The smallest absolute Gasteiger partial charge is 0.263 e. The van der Waals surface area contributed by atoms with E-state index in [1.807, 2.05) is 0 Å². The summed E-state index contributed by atoms with van der Waals surface area (Å²) in [6.45, 7) is 0. The van der Waals surface area contributed by atoms with E-state index in [2.05, 4.69) is 22.8 Å². The van der Waals surface area contributed by atoms with E-state index in [-0.39, 0.29) is 11.8 Å². The fourth-order valence-electron chi connectivity index (χ4n) is 1.52. The molecule has 2 amide bonds. The Bertz CT molecular complexity index is 479. The molecule has 84 valence electrons. The number of amides is 2. The number of fused-ring (bicyclic) bond motifs is 1. The largest absolute Gasteiger partial charge is 0.277 e. The monoisotopic (exact) mass is 290 g/mol. The van der Waals surface area contributed by atoms with Gasteiger partial charge in [-0.3, -0.25) is 19.5 Å². The molecule has 0 N–H and O–H groups in total. The average Bonchev–Trinajstić information content (AvgIpc) is 2.54. The minimum Gasteiger partial charge on any atom is -0.277 e. The predicted octanol–water partition coefficient (Wildman–Crippen LogP) is 1.59. The van der Waals surface area contributed by atoms with E-state index in [4.69, 9.17) is 0 Å². The van der Waals surface area contributed by atoms with E-state index in [1.165, 1.54) is 7.05 Å². The van der Waals surface area contributed by atoms with Crippen molar-refractivity contribution in [2.75, 3.05) is 7.05 Å². The number of imide groups is 1. The summed E-state index contributed by atoms with van der Waals surface area (Å²) in [5.41, 5.74) is 1.73. The van der Waals surface area contributed by atoms with Gasteiger partial charge in [-0.05, 0) is 13.4 Å². The Balaban J connectivity index is 2.62. The zero-order chi connectivity index (χ0) is 11.9. The first-order valence-corrected chi connectivity index (χ1v) is 11.0. The van der Waals surface area contributed by atoms with Gasteiger partial charge in [0, 0.05) is 13.2 Å². The average molecular weight is 290 g/mol. The second-order valence-electron chi connectivity index (χ2n) is 3.23. The van der Waals surface area contributed by atoms with Crippen LogP contribution in [-0.4, -0.2) is 28.7 Å². The Hall–Kier alpha value is 0.01000. The quantitative estimate of drug-likeness (QED) is 0.614. The van der Waals surface area contributed by atoms with Gasteiger partial charge in [-0.2, -0.15) is 0 Å². The number of carbonyl (C=O) groups excluding carboxylic acids is 2. The van der Waals surface area contributed by atoms with Crippen LogP contribution in [0.3, 0.4) is 0 Å². The summed E-state index contributed by atoms with van der Waals surface area (Å²) in [5, 5.41) is 0. The number of hydrogen-bond acceptors (Lipinski definition) is 3. The number of nitrogens with zero attached hydrogens (tertiary/aromatic N) is 2. The Morgan fingerprint density at radius 2 is 2.12 bits per heavy atom. The lowest BCUT2D eigenvalue weighted by Crippen LogP contribution is -2.25. The molecule has 0 spiro atoms. The van der Waals surface area contributed by atoms with Crippen molar-refractivity contribution in [2.45, 2.75) is 0 Å². The maximum absolute atomic E-state index is 11.9. The van der Waals surface area contributed by atoms with Crippen molar-refractivity contribution in [2.24, 2.45) is 0 Å². The second kappa shape index (κ2) is 4.71.